The molecule has 6 rings (SSSR count). The predicted molar refractivity (Wildman–Crippen MR) is 162 cm³/mol. The highest BCUT2D eigenvalue weighted by atomic mass is 35.5. The van der Waals surface area contributed by atoms with Crippen LogP contribution in [0.15, 0.2) is 30.2 Å². The van der Waals surface area contributed by atoms with E-state index in [9.17, 15) is 8.78 Å². The lowest BCUT2D eigenvalue weighted by Gasteiger charge is -2.36. The van der Waals surface area contributed by atoms with E-state index < -0.39 is 18.6 Å². The van der Waals surface area contributed by atoms with Gasteiger partial charge in [0.25, 0.3) is 0 Å². The zero-order chi connectivity index (χ0) is 29.6. The first kappa shape index (κ1) is 29.2. The van der Waals surface area contributed by atoms with Crippen LogP contribution in [0.2, 0.25) is 5.02 Å². The van der Waals surface area contributed by atoms with Gasteiger partial charge in [0.2, 0.25) is 5.95 Å². The van der Waals surface area contributed by atoms with E-state index in [2.05, 4.69) is 32.3 Å². The van der Waals surface area contributed by atoms with Crippen LogP contribution in [0.3, 0.4) is 0 Å². The molecule has 2 fully saturated rings. The standard InChI is InChI=1S/C30H40ClF2N7O2/c1-18-11-21(41-10-9-38(2)3)15-40(14-18)29-34-13-23(31)28(37-29)35-20-7-8-24-22(12-20)26-25(16-39(24)4)42-17-30(32,33)27(36-26)19-5-6-19/h7-8,12-13,18-19,21,27,36H,5-6,9-11,14-17H2,1-4H3,(H,34,35,37)/t18-,21+,27-/m0/s1. The number of benzene rings is 1. The van der Waals surface area contributed by atoms with Crippen LogP contribution in [0.5, 0.6) is 0 Å². The van der Waals surface area contributed by atoms with E-state index in [1.807, 2.05) is 44.2 Å². The van der Waals surface area contributed by atoms with Crippen molar-refractivity contribution in [2.24, 2.45) is 11.8 Å². The Bertz CT molecular complexity index is 1340. The lowest BCUT2D eigenvalue weighted by atomic mass is 9.98. The minimum absolute atomic E-state index is 0.0476. The summed E-state index contributed by atoms with van der Waals surface area (Å²) in [5.41, 5.74) is 3.12. The van der Waals surface area contributed by atoms with E-state index in [0.29, 0.717) is 53.9 Å². The summed E-state index contributed by atoms with van der Waals surface area (Å²) in [6, 6.07) is 4.93. The van der Waals surface area contributed by atoms with Crippen molar-refractivity contribution in [2.75, 3.05) is 75.7 Å². The molecule has 0 bridgehead atoms. The summed E-state index contributed by atoms with van der Waals surface area (Å²) in [6.07, 6.45) is 4.32. The third kappa shape index (κ3) is 6.23. The molecule has 0 amide bonds. The number of hydrogen-bond acceptors (Lipinski definition) is 9. The topological polar surface area (TPSA) is 78.0 Å². The van der Waals surface area contributed by atoms with Gasteiger partial charge in [-0.1, -0.05) is 18.5 Å². The molecule has 1 aliphatic carbocycles. The molecule has 1 aromatic heterocycles. The van der Waals surface area contributed by atoms with Gasteiger partial charge >= 0.3 is 5.92 Å². The summed E-state index contributed by atoms with van der Waals surface area (Å²) >= 11 is 6.56. The van der Waals surface area contributed by atoms with E-state index in [-0.39, 0.29) is 12.0 Å². The van der Waals surface area contributed by atoms with Gasteiger partial charge in [-0.3, -0.25) is 0 Å². The van der Waals surface area contributed by atoms with Crippen LogP contribution in [0.25, 0.3) is 5.70 Å². The van der Waals surface area contributed by atoms with Gasteiger partial charge in [0.15, 0.2) is 12.4 Å². The minimum atomic E-state index is -2.94. The molecule has 3 aliphatic heterocycles. The number of ether oxygens (including phenoxy) is 2. The van der Waals surface area contributed by atoms with Crippen LogP contribution in [0, 0.1) is 11.8 Å². The number of likely N-dealkylation sites (N-methyl/N-ethyl adjacent to an activating group) is 2. The Morgan fingerprint density at radius 1 is 1.26 bits per heavy atom. The molecule has 9 nitrogen and oxygen atoms in total. The molecule has 0 radical (unpaired) electrons. The highest BCUT2D eigenvalue weighted by molar-refractivity contribution is 6.32. The first-order valence-corrected chi connectivity index (χ1v) is 15.1. The first-order valence-electron chi connectivity index (χ1n) is 14.7. The molecule has 42 heavy (non-hydrogen) atoms. The predicted octanol–water partition coefficient (Wildman–Crippen LogP) is 4.82. The van der Waals surface area contributed by atoms with Gasteiger partial charge < -0.3 is 34.8 Å². The molecule has 1 saturated carbocycles. The number of nitrogens with one attached hydrogen (secondary N) is 2. The molecule has 2 N–H and O–H groups in total. The number of aromatic nitrogens is 2. The largest absolute Gasteiger partial charge is 0.487 e. The molecule has 1 saturated heterocycles. The van der Waals surface area contributed by atoms with Gasteiger partial charge in [-0.2, -0.15) is 4.98 Å². The van der Waals surface area contributed by atoms with Crippen LogP contribution in [0.4, 0.5) is 31.9 Å². The number of piperidine rings is 1. The highest BCUT2D eigenvalue weighted by Crippen LogP contribution is 2.45. The maximum absolute atomic E-state index is 15.0. The van der Waals surface area contributed by atoms with E-state index >= 15 is 0 Å². The van der Waals surface area contributed by atoms with Crippen molar-refractivity contribution in [3.63, 3.8) is 0 Å². The third-order valence-corrected chi connectivity index (χ3v) is 8.69. The summed E-state index contributed by atoms with van der Waals surface area (Å²) in [7, 11) is 6.01. The lowest BCUT2D eigenvalue weighted by Crippen LogP contribution is -2.47. The molecule has 4 heterocycles. The zero-order valence-corrected chi connectivity index (χ0v) is 25.4. The van der Waals surface area contributed by atoms with E-state index in [4.69, 9.17) is 26.1 Å². The van der Waals surface area contributed by atoms with Gasteiger partial charge in [0.05, 0.1) is 37.2 Å². The number of nitrogens with zero attached hydrogens (tertiary/aromatic N) is 5. The van der Waals surface area contributed by atoms with E-state index in [1.54, 1.807) is 6.20 Å². The molecule has 0 unspecified atom stereocenters. The summed E-state index contributed by atoms with van der Waals surface area (Å²) in [5, 5.41) is 6.95. The van der Waals surface area contributed by atoms with Crippen LogP contribution in [0.1, 0.15) is 31.7 Å². The van der Waals surface area contributed by atoms with Crippen LogP contribution >= 0.6 is 11.6 Å². The van der Waals surface area contributed by atoms with E-state index in [0.717, 1.165) is 49.3 Å². The summed E-state index contributed by atoms with van der Waals surface area (Å²) in [4.78, 5) is 15.6. The quantitative estimate of drug-likeness (QED) is 0.442. The van der Waals surface area contributed by atoms with Gasteiger partial charge in [-0.25, -0.2) is 13.8 Å². The van der Waals surface area contributed by atoms with Gasteiger partial charge in [-0.05, 0) is 63.4 Å². The van der Waals surface area contributed by atoms with Crippen LogP contribution in [-0.4, -0.2) is 93.5 Å². The molecular formula is C30H40ClF2N7O2. The Labute approximate surface area is 251 Å². The van der Waals surface area contributed by atoms with Crippen LogP contribution in [-0.2, 0) is 9.47 Å². The smallest absolute Gasteiger partial charge is 0.301 e. The Kier molecular flexibility index (Phi) is 8.10. The van der Waals surface area contributed by atoms with Crippen molar-refractivity contribution in [1.82, 2.24) is 20.2 Å². The fourth-order valence-corrected chi connectivity index (χ4v) is 6.23. The SMILES string of the molecule is C[C@H]1C[C@@H](OCCN(C)C)CN(c2ncc(Cl)c(Nc3ccc4c(c3)C3=C(CN4C)OCC(F)(F)[C@H](C4CC4)N3)n2)C1. The second-order valence-electron chi connectivity index (χ2n) is 12.4. The van der Waals surface area contributed by atoms with Gasteiger partial charge in [-0.15, -0.1) is 0 Å². The van der Waals surface area contributed by atoms with E-state index in [1.165, 1.54) is 0 Å². The van der Waals surface area contributed by atoms with Gasteiger partial charge in [0, 0.05) is 43.6 Å². The maximum atomic E-state index is 15.0. The Hall–Kier alpha value is -2.89. The molecular weight excluding hydrogens is 564 g/mol. The lowest BCUT2D eigenvalue weighted by molar-refractivity contribution is -0.0833. The Morgan fingerprint density at radius 2 is 2.07 bits per heavy atom. The number of anilines is 4. The van der Waals surface area contributed by atoms with Crippen molar-refractivity contribution in [1.29, 1.82) is 0 Å². The number of halogens is 3. The van der Waals surface area contributed by atoms with Crippen LogP contribution < -0.4 is 20.4 Å². The Morgan fingerprint density at radius 3 is 2.83 bits per heavy atom. The van der Waals surface area contributed by atoms with Crippen molar-refractivity contribution >= 4 is 40.4 Å². The average molecular weight is 604 g/mol. The molecule has 4 aliphatic rings. The second-order valence-corrected chi connectivity index (χ2v) is 12.8. The fourth-order valence-electron chi connectivity index (χ4n) is 6.09. The summed E-state index contributed by atoms with van der Waals surface area (Å²) in [6.45, 7) is 5.11. The molecule has 12 heteroatoms. The maximum Gasteiger partial charge on any atom is 0.301 e. The van der Waals surface area contributed by atoms with Crippen molar-refractivity contribution in [3.05, 3.63) is 40.7 Å². The Balaban J connectivity index is 1.23. The normalized spacial score (nSPS) is 25.4. The van der Waals surface area contributed by atoms with Crippen molar-refractivity contribution in [3.8, 4) is 0 Å². The summed E-state index contributed by atoms with van der Waals surface area (Å²) < 4.78 is 41.9. The van der Waals surface area contributed by atoms with Crippen molar-refractivity contribution in [2.45, 2.75) is 44.3 Å². The number of hydrogen-bond donors (Lipinski definition) is 2. The number of fused-ring (bicyclic) bond motifs is 2. The highest BCUT2D eigenvalue weighted by Gasteiger charge is 2.51. The third-order valence-electron chi connectivity index (χ3n) is 8.41. The zero-order valence-electron chi connectivity index (χ0n) is 24.7. The molecule has 1 aromatic carbocycles. The monoisotopic (exact) mass is 603 g/mol. The first-order chi connectivity index (χ1) is 20.1. The number of alkyl halides is 2. The number of rotatable bonds is 8. The van der Waals surface area contributed by atoms with Crippen molar-refractivity contribution < 1.29 is 18.3 Å². The molecule has 0 spiro atoms. The fraction of sp³-hybridized carbons (Fsp3) is 0.600. The van der Waals surface area contributed by atoms with Gasteiger partial charge in [0.1, 0.15) is 10.8 Å². The second kappa shape index (κ2) is 11.7. The minimum Gasteiger partial charge on any atom is -0.487 e. The summed E-state index contributed by atoms with van der Waals surface area (Å²) in [5.74, 6) is -0.954. The molecule has 228 valence electrons. The molecule has 3 atom stereocenters. The average Bonchev–Trinajstić information content (AvgIpc) is 3.78. The molecule has 2 aromatic rings.